The van der Waals surface area contributed by atoms with Crippen LogP contribution in [0.25, 0.3) is 5.82 Å². The number of hydrogen-bond donors (Lipinski definition) is 2. The van der Waals surface area contributed by atoms with Gasteiger partial charge in [-0.2, -0.15) is 5.10 Å². The van der Waals surface area contributed by atoms with Crippen LogP contribution in [-0.2, 0) is 0 Å². The molecule has 0 aliphatic carbocycles. The molecule has 1 amide bonds. The zero-order valence-corrected chi connectivity index (χ0v) is 13.2. The molecule has 3 aromatic rings. The van der Waals surface area contributed by atoms with Crippen LogP contribution in [0.3, 0.4) is 0 Å². The third kappa shape index (κ3) is 3.92. The van der Waals surface area contributed by atoms with Gasteiger partial charge in [0.25, 0.3) is 5.91 Å². The monoisotopic (exact) mass is 323 g/mol. The zero-order valence-electron chi connectivity index (χ0n) is 13.2. The van der Waals surface area contributed by atoms with Gasteiger partial charge < -0.3 is 10.6 Å². The van der Waals surface area contributed by atoms with E-state index in [2.05, 4.69) is 30.7 Å². The summed E-state index contributed by atoms with van der Waals surface area (Å²) in [4.78, 5) is 24.2. The number of hydrogen-bond acceptors (Lipinski definition) is 6. The first-order chi connectivity index (χ1) is 11.7. The Balaban J connectivity index is 1.51. The van der Waals surface area contributed by atoms with Gasteiger partial charge in [0.2, 0.25) is 0 Å². The average Bonchev–Trinajstić information content (AvgIpc) is 3.06. The Hall–Kier alpha value is -3.29. The second-order valence-corrected chi connectivity index (χ2v) is 5.06. The molecule has 0 spiro atoms. The molecule has 3 heterocycles. The van der Waals surface area contributed by atoms with Crippen LogP contribution in [0.15, 0.2) is 49.1 Å². The lowest BCUT2D eigenvalue weighted by molar-refractivity contribution is 0.0950. The fourth-order valence-electron chi connectivity index (χ4n) is 2.07. The highest BCUT2D eigenvalue weighted by atomic mass is 16.1. The van der Waals surface area contributed by atoms with Crippen molar-refractivity contribution in [1.82, 2.24) is 30.0 Å². The second-order valence-electron chi connectivity index (χ2n) is 5.06. The number of carbonyl (C=O) groups excluding carboxylic acids is 1. The minimum atomic E-state index is -0.201. The average molecular weight is 323 g/mol. The Morgan fingerprint density at radius 2 is 2.08 bits per heavy atom. The quantitative estimate of drug-likeness (QED) is 0.662. The topological polar surface area (TPSA) is 97.6 Å². The Morgan fingerprint density at radius 1 is 1.17 bits per heavy atom. The Bertz CT molecular complexity index is 816. The molecule has 0 aliphatic rings. The van der Waals surface area contributed by atoms with Gasteiger partial charge in [-0.15, -0.1) is 0 Å². The first kappa shape index (κ1) is 15.6. The summed E-state index contributed by atoms with van der Waals surface area (Å²) in [6, 6.07) is 8.92. The van der Waals surface area contributed by atoms with Crippen molar-refractivity contribution < 1.29 is 4.79 Å². The molecular weight excluding hydrogens is 306 g/mol. The summed E-state index contributed by atoms with van der Waals surface area (Å²) in [6.07, 6.45) is 4.91. The molecule has 0 saturated carbocycles. The van der Waals surface area contributed by atoms with Gasteiger partial charge in [0.1, 0.15) is 17.8 Å². The van der Waals surface area contributed by atoms with Crippen molar-refractivity contribution in [3.8, 4) is 5.82 Å². The summed E-state index contributed by atoms with van der Waals surface area (Å²) in [7, 11) is 0. The molecule has 8 heteroatoms. The van der Waals surface area contributed by atoms with Crippen LogP contribution < -0.4 is 10.6 Å². The highest BCUT2D eigenvalue weighted by molar-refractivity contribution is 5.92. The SMILES string of the molecule is Cc1ccn(-c2cc(NCCNC(=O)c3ccccn3)ncn2)n1. The maximum atomic E-state index is 11.9. The third-order valence-electron chi connectivity index (χ3n) is 3.22. The summed E-state index contributed by atoms with van der Waals surface area (Å²) < 4.78 is 1.69. The van der Waals surface area contributed by atoms with Gasteiger partial charge >= 0.3 is 0 Å². The molecule has 0 aliphatic heterocycles. The van der Waals surface area contributed by atoms with E-state index >= 15 is 0 Å². The number of anilines is 1. The number of nitrogens with one attached hydrogen (secondary N) is 2. The zero-order chi connectivity index (χ0) is 16.8. The molecule has 122 valence electrons. The predicted molar refractivity (Wildman–Crippen MR) is 89.0 cm³/mol. The van der Waals surface area contributed by atoms with Crippen molar-refractivity contribution in [3.63, 3.8) is 0 Å². The van der Waals surface area contributed by atoms with Crippen LogP contribution in [0.5, 0.6) is 0 Å². The van der Waals surface area contributed by atoms with Gasteiger partial charge in [0.15, 0.2) is 5.82 Å². The van der Waals surface area contributed by atoms with Crippen LogP contribution in [0.4, 0.5) is 5.82 Å². The van der Waals surface area contributed by atoms with Crippen LogP contribution in [-0.4, -0.2) is 43.7 Å². The maximum Gasteiger partial charge on any atom is 0.269 e. The van der Waals surface area contributed by atoms with E-state index in [4.69, 9.17) is 0 Å². The summed E-state index contributed by atoms with van der Waals surface area (Å²) in [5.74, 6) is 1.14. The molecule has 0 atom stereocenters. The number of amides is 1. The van der Waals surface area contributed by atoms with Gasteiger partial charge in [-0.1, -0.05) is 6.07 Å². The molecule has 0 radical (unpaired) electrons. The largest absolute Gasteiger partial charge is 0.368 e. The van der Waals surface area contributed by atoms with E-state index < -0.39 is 0 Å². The minimum absolute atomic E-state index is 0.201. The van der Waals surface area contributed by atoms with Gasteiger partial charge in [0.05, 0.1) is 5.69 Å². The molecule has 8 nitrogen and oxygen atoms in total. The van der Waals surface area contributed by atoms with Crippen molar-refractivity contribution in [3.05, 3.63) is 60.4 Å². The molecular formula is C16H17N7O. The molecule has 0 fully saturated rings. The molecule has 3 rings (SSSR count). The summed E-state index contributed by atoms with van der Waals surface area (Å²) >= 11 is 0. The first-order valence-corrected chi connectivity index (χ1v) is 7.50. The van der Waals surface area contributed by atoms with E-state index in [1.165, 1.54) is 6.33 Å². The molecule has 0 aromatic carbocycles. The van der Waals surface area contributed by atoms with Gasteiger partial charge in [0, 0.05) is 31.5 Å². The van der Waals surface area contributed by atoms with Crippen LogP contribution in [0, 0.1) is 6.92 Å². The number of nitrogens with zero attached hydrogens (tertiary/aromatic N) is 5. The van der Waals surface area contributed by atoms with Crippen LogP contribution >= 0.6 is 0 Å². The van der Waals surface area contributed by atoms with Gasteiger partial charge in [-0.3, -0.25) is 9.78 Å². The van der Waals surface area contributed by atoms with Gasteiger partial charge in [-0.25, -0.2) is 14.6 Å². The molecule has 24 heavy (non-hydrogen) atoms. The Labute approximate surface area is 139 Å². The number of carbonyl (C=O) groups is 1. The third-order valence-corrected chi connectivity index (χ3v) is 3.22. The smallest absolute Gasteiger partial charge is 0.269 e. The lowest BCUT2D eigenvalue weighted by atomic mass is 10.3. The highest BCUT2D eigenvalue weighted by Gasteiger charge is 2.05. The standard InChI is InChI=1S/C16H17N7O/c1-12-5-9-23(22-12)15-10-14(20-11-21-15)18-7-8-19-16(24)13-4-2-3-6-17-13/h2-6,9-11H,7-8H2,1H3,(H,19,24)(H,18,20,21). The minimum Gasteiger partial charge on any atom is -0.368 e. The number of aromatic nitrogens is 5. The Kier molecular flexibility index (Phi) is 4.76. The normalized spacial score (nSPS) is 10.4. The number of pyridine rings is 1. The predicted octanol–water partition coefficient (Wildman–Crippen LogP) is 1.21. The van der Waals surface area contributed by atoms with E-state index in [0.717, 1.165) is 5.69 Å². The Morgan fingerprint density at radius 3 is 2.83 bits per heavy atom. The van der Waals surface area contributed by atoms with E-state index in [0.29, 0.717) is 30.4 Å². The molecule has 2 N–H and O–H groups in total. The fraction of sp³-hybridized carbons (Fsp3) is 0.188. The van der Waals surface area contributed by atoms with Crippen LogP contribution in [0.2, 0.25) is 0 Å². The molecule has 0 bridgehead atoms. The van der Waals surface area contributed by atoms with E-state index in [-0.39, 0.29) is 5.91 Å². The van der Waals surface area contributed by atoms with E-state index in [1.807, 2.05) is 19.2 Å². The van der Waals surface area contributed by atoms with Gasteiger partial charge in [-0.05, 0) is 25.1 Å². The first-order valence-electron chi connectivity index (χ1n) is 7.50. The van der Waals surface area contributed by atoms with Crippen molar-refractivity contribution in [1.29, 1.82) is 0 Å². The van der Waals surface area contributed by atoms with Crippen molar-refractivity contribution >= 4 is 11.7 Å². The van der Waals surface area contributed by atoms with Crippen LogP contribution in [0.1, 0.15) is 16.2 Å². The summed E-state index contributed by atoms with van der Waals surface area (Å²) in [6.45, 7) is 2.91. The molecule has 0 unspecified atom stereocenters. The summed E-state index contributed by atoms with van der Waals surface area (Å²) in [5, 5.41) is 10.2. The van der Waals surface area contributed by atoms with Crippen molar-refractivity contribution in [2.24, 2.45) is 0 Å². The lowest BCUT2D eigenvalue weighted by Crippen LogP contribution is -2.29. The molecule has 3 aromatic heterocycles. The highest BCUT2D eigenvalue weighted by Crippen LogP contribution is 2.08. The molecule has 0 saturated heterocycles. The lowest BCUT2D eigenvalue weighted by Gasteiger charge is -2.08. The fourth-order valence-corrected chi connectivity index (χ4v) is 2.07. The van der Waals surface area contributed by atoms with E-state index in [1.54, 1.807) is 35.1 Å². The maximum absolute atomic E-state index is 11.9. The van der Waals surface area contributed by atoms with E-state index in [9.17, 15) is 4.79 Å². The number of rotatable bonds is 6. The number of aryl methyl sites for hydroxylation is 1. The summed E-state index contributed by atoms with van der Waals surface area (Å²) in [5.41, 5.74) is 1.32. The van der Waals surface area contributed by atoms with Crippen molar-refractivity contribution in [2.45, 2.75) is 6.92 Å². The second kappa shape index (κ2) is 7.32. The van der Waals surface area contributed by atoms with Crippen molar-refractivity contribution in [2.75, 3.05) is 18.4 Å².